The summed E-state index contributed by atoms with van der Waals surface area (Å²) in [4.78, 5) is 25.7. The topological polar surface area (TPSA) is 43.4 Å². The van der Waals surface area contributed by atoms with E-state index in [1.807, 2.05) is 0 Å². The van der Waals surface area contributed by atoms with Crippen molar-refractivity contribution in [2.24, 2.45) is 75.9 Å². The normalized spacial score (nSPS) is 51.3. The molecule has 3 nitrogen and oxygen atoms in total. The van der Waals surface area contributed by atoms with Crippen molar-refractivity contribution in [3.63, 3.8) is 0 Å². The summed E-state index contributed by atoms with van der Waals surface area (Å²) >= 11 is 0. The molecule has 1 heterocycles. The van der Waals surface area contributed by atoms with Crippen molar-refractivity contribution >= 4 is 11.9 Å². The summed E-state index contributed by atoms with van der Waals surface area (Å²) < 4.78 is 5.30. The molecule has 1 saturated heterocycles. The van der Waals surface area contributed by atoms with Crippen molar-refractivity contribution in [2.75, 3.05) is 0 Å². The number of rotatable bonds is 2. The molecule has 1 aliphatic heterocycles. The number of carbonyl (C=O) groups is 2. The number of ether oxygens (including phenoxy) is 1. The Morgan fingerprint density at radius 3 is 2.25 bits per heavy atom. The molecule has 5 fully saturated rings. The van der Waals surface area contributed by atoms with Gasteiger partial charge in [-0.25, -0.2) is 0 Å². The minimum absolute atomic E-state index is 0.216. The van der Waals surface area contributed by atoms with E-state index in [1.54, 1.807) is 0 Å². The number of hydrogen-bond acceptors (Lipinski definition) is 3. The van der Waals surface area contributed by atoms with Crippen molar-refractivity contribution in [1.29, 1.82) is 0 Å². The SMILES string of the molecule is CC(C)C1C2CC(C1C1C(=O)OC(=O)C1C(C)(C)C)C1C2C2CC1C(C)(C)C2. The average molecular weight is 387 g/mol. The first kappa shape index (κ1) is 19.1. The summed E-state index contributed by atoms with van der Waals surface area (Å²) in [7, 11) is 0. The summed E-state index contributed by atoms with van der Waals surface area (Å²) in [6.07, 6.45) is 4.09. The van der Waals surface area contributed by atoms with Gasteiger partial charge in [-0.3, -0.25) is 9.59 Å². The van der Waals surface area contributed by atoms with E-state index < -0.39 is 0 Å². The first-order valence-corrected chi connectivity index (χ1v) is 11.7. The molecule has 3 heteroatoms. The van der Waals surface area contributed by atoms with Gasteiger partial charge in [0.2, 0.25) is 0 Å². The lowest BCUT2D eigenvalue weighted by atomic mass is 9.53. The number of hydrogen-bond donors (Lipinski definition) is 0. The van der Waals surface area contributed by atoms with Gasteiger partial charge in [0.25, 0.3) is 0 Å². The maximum atomic E-state index is 13.0. The van der Waals surface area contributed by atoms with Gasteiger partial charge in [0.15, 0.2) is 0 Å². The van der Waals surface area contributed by atoms with Crippen LogP contribution in [-0.2, 0) is 14.3 Å². The quantitative estimate of drug-likeness (QED) is 0.373. The van der Waals surface area contributed by atoms with Crippen LogP contribution in [0.2, 0.25) is 0 Å². The third-order valence-electron chi connectivity index (χ3n) is 9.97. The molecule has 4 aliphatic carbocycles. The van der Waals surface area contributed by atoms with E-state index in [0.29, 0.717) is 29.1 Å². The van der Waals surface area contributed by atoms with Crippen molar-refractivity contribution in [3.05, 3.63) is 0 Å². The Bertz CT molecular complexity index is 714. The summed E-state index contributed by atoms with van der Waals surface area (Å²) in [6.45, 7) is 15.9. The molecule has 4 saturated carbocycles. The van der Waals surface area contributed by atoms with Crippen LogP contribution in [0.3, 0.4) is 0 Å². The highest BCUT2D eigenvalue weighted by Gasteiger charge is 2.72. The molecular weight excluding hydrogens is 348 g/mol. The highest BCUT2D eigenvalue weighted by Crippen LogP contribution is 2.76. The van der Waals surface area contributed by atoms with Crippen molar-refractivity contribution in [1.82, 2.24) is 0 Å². The first-order chi connectivity index (χ1) is 12.9. The Morgan fingerprint density at radius 1 is 0.964 bits per heavy atom. The van der Waals surface area contributed by atoms with Crippen molar-refractivity contribution in [2.45, 2.75) is 67.7 Å². The monoisotopic (exact) mass is 386 g/mol. The standard InChI is InChI=1S/C25H38O3/c1-11(2)16-13-9-14(18-15-8-12(17(13)18)10-25(15,6)7)19(16)20-21(24(3,4)5)23(27)28-22(20)26/h11-21H,8-10H2,1-7H3. The lowest BCUT2D eigenvalue weighted by Gasteiger charge is -2.50. The zero-order valence-electron chi connectivity index (χ0n) is 18.7. The lowest BCUT2D eigenvalue weighted by molar-refractivity contribution is -0.155. The fraction of sp³-hybridized carbons (Fsp3) is 0.920. The number of esters is 2. The molecule has 28 heavy (non-hydrogen) atoms. The van der Waals surface area contributed by atoms with Crippen LogP contribution in [0.15, 0.2) is 0 Å². The van der Waals surface area contributed by atoms with E-state index in [1.165, 1.54) is 19.3 Å². The molecule has 0 spiro atoms. The third-order valence-corrected chi connectivity index (χ3v) is 9.97. The Kier molecular flexibility index (Phi) is 3.85. The summed E-state index contributed by atoms with van der Waals surface area (Å²) in [5, 5.41) is 0. The zero-order valence-corrected chi connectivity index (χ0v) is 18.7. The predicted molar refractivity (Wildman–Crippen MR) is 108 cm³/mol. The maximum Gasteiger partial charge on any atom is 0.318 e. The van der Waals surface area contributed by atoms with Crippen LogP contribution in [0.4, 0.5) is 0 Å². The van der Waals surface area contributed by atoms with E-state index in [2.05, 4.69) is 48.5 Å². The van der Waals surface area contributed by atoms with E-state index >= 15 is 0 Å². The Hall–Kier alpha value is -0.860. The van der Waals surface area contributed by atoms with E-state index in [9.17, 15) is 9.59 Å². The minimum Gasteiger partial charge on any atom is -0.393 e. The lowest BCUT2D eigenvalue weighted by Crippen LogP contribution is -2.49. The fourth-order valence-corrected chi connectivity index (χ4v) is 9.58. The molecule has 156 valence electrons. The molecule has 5 aliphatic rings. The second-order valence-corrected chi connectivity index (χ2v) is 13.0. The number of carbonyl (C=O) groups excluding carboxylic acids is 2. The first-order valence-electron chi connectivity index (χ1n) is 11.7. The minimum atomic E-state index is -0.282. The van der Waals surface area contributed by atoms with Crippen LogP contribution in [0.5, 0.6) is 0 Å². The van der Waals surface area contributed by atoms with E-state index in [4.69, 9.17) is 4.74 Å². The molecule has 0 aromatic rings. The van der Waals surface area contributed by atoms with Gasteiger partial charge in [0, 0.05) is 0 Å². The molecule has 0 radical (unpaired) electrons. The molecule has 0 amide bonds. The maximum absolute atomic E-state index is 13.0. The molecular formula is C25H38O3. The van der Waals surface area contributed by atoms with Crippen LogP contribution in [0, 0.1) is 75.9 Å². The smallest absolute Gasteiger partial charge is 0.318 e. The summed E-state index contributed by atoms with van der Waals surface area (Å²) in [6, 6.07) is 0. The molecule has 0 aromatic heterocycles. The molecule has 4 bridgehead atoms. The molecule has 10 atom stereocenters. The predicted octanol–water partition coefficient (Wildman–Crippen LogP) is 5.18. The van der Waals surface area contributed by atoms with E-state index in [0.717, 1.165) is 29.6 Å². The Morgan fingerprint density at radius 2 is 1.64 bits per heavy atom. The molecule has 10 unspecified atom stereocenters. The average Bonchev–Trinajstić information content (AvgIpc) is 3.27. The fourth-order valence-electron chi connectivity index (χ4n) is 9.58. The largest absolute Gasteiger partial charge is 0.393 e. The van der Waals surface area contributed by atoms with Crippen LogP contribution in [-0.4, -0.2) is 11.9 Å². The van der Waals surface area contributed by atoms with Crippen molar-refractivity contribution in [3.8, 4) is 0 Å². The van der Waals surface area contributed by atoms with Crippen LogP contribution in [0.25, 0.3) is 0 Å². The second-order valence-electron chi connectivity index (χ2n) is 13.0. The number of cyclic esters (lactones) is 2. The van der Waals surface area contributed by atoms with Gasteiger partial charge in [0.1, 0.15) is 0 Å². The van der Waals surface area contributed by atoms with Gasteiger partial charge in [-0.1, -0.05) is 48.5 Å². The van der Waals surface area contributed by atoms with Gasteiger partial charge in [-0.05, 0) is 83.4 Å². The van der Waals surface area contributed by atoms with Crippen LogP contribution >= 0.6 is 0 Å². The van der Waals surface area contributed by atoms with Crippen LogP contribution < -0.4 is 0 Å². The van der Waals surface area contributed by atoms with Gasteiger partial charge < -0.3 is 4.74 Å². The Labute approximate surface area is 170 Å². The molecule has 5 rings (SSSR count). The summed E-state index contributed by atoms with van der Waals surface area (Å²) in [5.74, 6) is 5.24. The van der Waals surface area contributed by atoms with Gasteiger partial charge in [0.05, 0.1) is 11.8 Å². The number of fused-ring (bicyclic) bond motifs is 9. The summed E-state index contributed by atoms with van der Waals surface area (Å²) in [5.41, 5.74) is 0.217. The van der Waals surface area contributed by atoms with Gasteiger partial charge in [-0.15, -0.1) is 0 Å². The Balaban J connectivity index is 1.56. The molecule has 0 aromatic carbocycles. The van der Waals surface area contributed by atoms with Crippen LogP contribution in [0.1, 0.15) is 67.7 Å². The molecule has 0 N–H and O–H groups in total. The zero-order chi connectivity index (χ0) is 20.3. The second kappa shape index (κ2) is 5.64. The third kappa shape index (κ3) is 2.28. The van der Waals surface area contributed by atoms with E-state index in [-0.39, 0.29) is 29.2 Å². The van der Waals surface area contributed by atoms with Gasteiger partial charge >= 0.3 is 11.9 Å². The highest BCUT2D eigenvalue weighted by atomic mass is 16.6. The van der Waals surface area contributed by atoms with Crippen molar-refractivity contribution < 1.29 is 14.3 Å². The van der Waals surface area contributed by atoms with Gasteiger partial charge in [-0.2, -0.15) is 0 Å². The highest BCUT2D eigenvalue weighted by molar-refractivity contribution is 5.97.